The van der Waals surface area contributed by atoms with Crippen LogP contribution in [-0.2, 0) is 23.1 Å². The van der Waals surface area contributed by atoms with Gasteiger partial charge < -0.3 is 14.0 Å². The third kappa shape index (κ3) is 7.01. The van der Waals surface area contributed by atoms with Crippen LogP contribution in [-0.4, -0.2) is 51.0 Å². The average Bonchev–Trinajstić information content (AvgIpc) is 3.23. The number of hydrogen-bond acceptors (Lipinski definition) is 7. The lowest BCUT2D eigenvalue weighted by molar-refractivity contribution is 0.0895. The summed E-state index contributed by atoms with van der Waals surface area (Å²) in [5.41, 5.74) is 3.31. The number of likely N-dealkylation sites (tertiary alicyclic amines) is 1. The van der Waals surface area contributed by atoms with Crippen LogP contribution in [0, 0.1) is 11.8 Å². The van der Waals surface area contributed by atoms with Crippen LogP contribution < -0.4 is 9.47 Å². The maximum Gasteiger partial charge on any atom is 0.166 e. The molecule has 5 rings (SSSR count). The molecule has 8 heteroatoms. The van der Waals surface area contributed by atoms with Gasteiger partial charge in [0.15, 0.2) is 17.3 Å². The highest BCUT2D eigenvalue weighted by Crippen LogP contribution is 2.39. The smallest absolute Gasteiger partial charge is 0.166 e. The SMILES string of the molecule is COc1cc2c(cc1OC)C(=O)C(CC1CCN(Cc3ccccc3)CC1)C2.O=S(=O)([O-])c1ccccc1. The molecule has 2 aliphatic rings. The molecule has 1 aliphatic heterocycles. The summed E-state index contributed by atoms with van der Waals surface area (Å²) >= 11 is 0. The minimum Gasteiger partial charge on any atom is -0.744 e. The zero-order chi connectivity index (χ0) is 27.1. The van der Waals surface area contributed by atoms with Crippen molar-refractivity contribution in [3.8, 4) is 11.5 Å². The van der Waals surface area contributed by atoms with Crippen molar-refractivity contribution >= 4 is 15.9 Å². The van der Waals surface area contributed by atoms with E-state index in [-0.39, 0.29) is 16.6 Å². The molecule has 0 radical (unpaired) electrons. The lowest BCUT2D eigenvalue weighted by Crippen LogP contribution is -2.34. The van der Waals surface area contributed by atoms with Crippen molar-refractivity contribution in [1.29, 1.82) is 0 Å². The van der Waals surface area contributed by atoms with E-state index < -0.39 is 10.1 Å². The second kappa shape index (κ2) is 12.6. The van der Waals surface area contributed by atoms with Gasteiger partial charge in [-0.3, -0.25) is 9.69 Å². The van der Waals surface area contributed by atoms with E-state index in [2.05, 4.69) is 35.2 Å². The van der Waals surface area contributed by atoms with Gasteiger partial charge in [-0.25, -0.2) is 8.42 Å². The Morgan fingerprint density at radius 3 is 2.03 bits per heavy atom. The predicted octanol–water partition coefficient (Wildman–Crippen LogP) is 4.95. The predicted molar refractivity (Wildman–Crippen MR) is 145 cm³/mol. The number of carbonyl (C=O) groups excluding carboxylic acids is 1. The number of hydrogen-bond donors (Lipinski definition) is 0. The summed E-state index contributed by atoms with van der Waals surface area (Å²) < 4.78 is 41.6. The highest BCUT2D eigenvalue weighted by Gasteiger charge is 2.34. The number of benzene rings is 3. The Morgan fingerprint density at radius 2 is 1.47 bits per heavy atom. The lowest BCUT2D eigenvalue weighted by atomic mass is 9.85. The maximum absolute atomic E-state index is 12.9. The zero-order valence-corrected chi connectivity index (χ0v) is 22.7. The van der Waals surface area contributed by atoms with E-state index in [0.717, 1.165) is 43.6 Å². The van der Waals surface area contributed by atoms with Gasteiger partial charge >= 0.3 is 0 Å². The Balaban J connectivity index is 0.000000283. The number of rotatable bonds is 7. The maximum atomic E-state index is 12.9. The molecule has 1 atom stereocenters. The highest BCUT2D eigenvalue weighted by atomic mass is 32.2. The van der Waals surface area contributed by atoms with Gasteiger partial charge in [0, 0.05) is 18.0 Å². The monoisotopic (exact) mass is 536 g/mol. The minimum atomic E-state index is -4.25. The molecule has 38 heavy (non-hydrogen) atoms. The number of piperidine rings is 1. The summed E-state index contributed by atoms with van der Waals surface area (Å²) in [4.78, 5) is 15.3. The number of methoxy groups -OCH3 is 2. The molecule has 0 saturated carbocycles. The van der Waals surface area contributed by atoms with Crippen LogP contribution in [0.15, 0.2) is 77.7 Å². The third-order valence-electron chi connectivity index (χ3n) is 7.32. The van der Waals surface area contributed by atoms with Gasteiger partial charge in [-0.2, -0.15) is 0 Å². The fourth-order valence-corrected chi connectivity index (χ4v) is 5.79. The first kappa shape index (κ1) is 27.8. The van der Waals surface area contributed by atoms with Crippen LogP contribution in [0.3, 0.4) is 0 Å². The quantitative estimate of drug-likeness (QED) is 0.394. The van der Waals surface area contributed by atoms with Crippen LogP contribution in [0.4, 0.5) is 0 Å². The molecule has 0 aromatic heterocycles. The van der Waals surface area contributed by atoms with Gasteiger partial charge in [0.1, 0.15) is 10.1 Å². The van der Waals surface area contributed by atoms with Gasteiger partial charge in [-0.05, 0) is 80.1 Å². The summed E-state index contributed by atoms with van der Waals surface area (Å²) in [6.07, 6.45) is 4.19. The molecular weight excluding hydrogens is 502 g/mol. The van der Waals surface area contributed by atoms with E-state index >= 15 is 0 Å². The molecule has 7 nitrogen and oxygen atoms in total. The molecule has 1 saturated heterocycles. The number of fused-ring (bicyclic) bond motifs is 1. The van der Waals surface area contributed by atoms with E-state index in [1.165, 1.54) is 42.7 Å². The highest BCUT2D eigenvalue weighted by molar-refractivity contribution is 7.85. The van der Waals surface area contributed by atoms with Crippen LogP contribution >= 0.6 is 0 Å². The van der Waals surface area contributed by atoms with Crippen LogP contribution in [0.2, 0.25) is 0 Å². The molecule has 0 spiro atoms. The van der Waals surface area contributed by atoms with Gasteiger partial charge in [-0.1, -0.05) is 48.5 Å². The molecule has 1 aliphatic carbocycles. The first-order chi connectivity index (χ1) is 18.3. The topological polar surface area (TPSA) is 96.0 Å². The number of ketones is 1. The fraction of sp³-hybridized carbons (Fsp3) is 0.367. The molecule has 1 unspecified atom stereocenters. The normalized spacial score (nSPS) is 17.9. The van der Waals surface area contributed by atoms with Crippen molar-refractivity contribution in [2.45, 2.75) is 37.1 Å². The largest absolute Gasteiger partial charge is 0.744 e. The lowest BCUT2D eigenvalue weighted by Gasteiger charge is -2.32. The van der Waals surface area contributed by atoms with E-state index in [1.54, 1.807) is 20.3 Å². The Labute approximate surface area is 225 Å². The molecule has 202 valence electrons. The molecule has 0 amide bonds. The molecule has 0 bridgehead atoms. The van der Waals surface area contributed by atoms with E-state index in [9.17, 15) is 17.8 Å². The van der Waals surface area contributed by atoms with Crippen molar-refractivity contribution in [3.05, 3.63) is 89.5 Å². The first-order valence-corrected chi connectivity index (χ1v) is 14.3. The second-order valence-corrected chi connectivity index (χ2v) is 11.2. The second-order valence-electron chi connectivity index (χ2n) is 9.84. The van der Waals surface area contributed by atoms with Crippen molar-refractivity contribution < 1.29 is 27.2 Å². The summed E-state index contributed by atoms with van der Waals surface area (Å²) in [7, 11) is -0.997. The van der Waals surface area contributed by atoms with Crippen molar-refractivity contribution in [1.82, 2.24) is 4.90 Å². The fourth-order valence-electron chi connectivity index (χ4n) is 5.30. The van der Waals surface area contributed by atoms with Crippen molar-refractivity contribution in [2.24, 2.45) is 11.8 Å². The molecule has 3 aromatic carbocycles. The molecule has 3 aromatic rings. The molecular formula is C30H34NO6S-. The molecule has 1 heterocycles. The first-order valence-electron chi connectivity index (χ1n) is 12.8. The Morgan fingerprint density at radius 1 is 0.895 bits per heavy atom. The van der Waals surface area contributed by atoms with Gasteiger partial charge in [0.2, 0.25) is 0 Å². The zero-order valence-electron chi connectivity index (χ0n) is 21.8. The van der Waals surface area contributed by atoms with E-state index in [4.69, 9.17) is 9.47 Å². The third-order valence-corrected chi connectivity index (χ3v) is 8.17. The van der Waals surface area contributed by atoms with Gasteiger partial charge in [-0.15, -0.1) is 0 Å². The summed E-state index contributed by atoms with van der Waals surface area (Å²) in [6.45, 7) is 3.27. The number of Topliss-reactive ketones (excluding diaryl/α,β-unsaturated/α-hetero) is 1. The van der Waals surface area contributed by atoms with Crippen LogP contribution in [0.1, 0.15) is 40.7 Å². The van der Waals surface area contributed by atoms with Gasteiger partial charge in [0.25, 0.3) is 0 Å². The number of nitrogens with zero attached hydrogens (tertiary/aromatic N) is 1. The standard InChI is InChI=1S/C24H29NO3.C6H6O3S/c1-27-22-14-19-13-20(24(26)21(19)15-23(22)28-2)12-17-8-10-25(11-9-17)16-18-6-4-3-5-7-18;7-10(8,9)6-4-2-1-3-5-6/h3-7,14-15,17,20H,8-13,16H2,1-2H3;1-5H,(H,7,8,9)/p-1. The van der Waals surface area contributed by atoms with Crippen molar-refractivity contribution in [2.75, 3.05) is 27.3 Å². The Hall–Kier alpha value is -3.20. The van der Waals surface area contributed by atoms with Gasteiger partial charge in [0.05, 0.1) is 19.1 Å². The molecule has 0 N–H and O–H groups in total. The summed E-state index contributed by atoms with van der Waals surface area (Å²) in [6, 6.07) is 21.7. The summed E-state index contributed by atoms with van der Waals surface area (Å²) in [5, 5.41) is 0. The van der Waals surface area contributed by atoms with Crippen LogP contribution in [0.25, 0.3) is 0 Å². The Kier molecular flexibility index (Phi) is 9.20. The average molecular weight is 537 g/mol. The summed E-state index contributed by atoms with van der Waals surface area (Å²) in [5.74, 6) is 2.38. The van der Waals surface area contributed by atoms with E-state index in [1.807, 2.05) is 12.1 Å². The molecule has 1 fully saturated rings. The number of carbonyl (C=O) groups is 1. The van der Waals surface area contributed by atoms with Crippen LogP contribution in [0.5, 0.6) is 11.5 Å². The van der Waals surface area contributed by atoms with Crippen molar-refractivity contribution in [3.63, 3.8) is 0 Å². The van der Waals surface area contributed by atoms with E-state index in [0.29, 0.717) is 17.4 Å². The Bertz CT molecular complexity index is 1320. The minimum absolute atomic E-state index is 0.109. The number of ether oxygens (including phenoxy) is 2.